The monoisotopic (exact) mass is 660 g/mol. The van der Waals surface area contributed by atoms with Crippen LogP contribution in [0.15, 0.2) is 97.1 Å². The van der Waals surface area contributed by atoms with Gasteiger partial charge in [-0.05, 0) is 70.8 Å². The van der Waals surface area contributed by atoms with Crippen molar-refractivity contribution in [1.29, 1.82) is 0 Å². The first-order chi connectivity index (χ1) is 20.6. The first kappa shape index (κ1) is 30.3. The van der Waals surface area contributed by atoms with Crippen LogP contribution in [0.5, 0.6) is 0 Å². The minimum absolute atomic E-state index is 0.190. The Hall–Kier alpha value is -2.69. The number of esters is 1. The molecule has 2 N–H and O–H groups in total. The van der Waals surface area contributed by atoms with Gasteiger partial charge in [0.1, 0.15) is 12.0 Å². The molecule has 4 aromatic carbocycles. The van der Waals surface area contributed by atoms with E-state index < -0.39 is 35.0 Å². The molecule has 0 aliphatic carbocycles. The molecule has 0 radical (unpaired) electrons. The standard InChI is InChI=1S/C32H24Cl4O7/c33-24-9-1-20(2-10-24)30(41-39,21-3-11-25(34)12-4-21)17-29-18-31(22-5-13-26(35)14-6-22,23-7-15-27(36)16-8-23)42-43-32(29,38)19-40-28(29)37/h1-16,38-39H,17-19H2. The van der Waals surface area contributed by atoms with Crippen molar-refractivity contribution >= 4 is 52.4 Å². The van der Waals surface area contributed by atoms with Crippen LogP contribution in [0.3, 0.4) is 0 Å². The van der Waals surface area contributed by atoms with Crippen LogP contribution in [0.4, 0.5) is 0 Å². The summed E-state index contributed by atoms with van der Waals surface area (Å²) >= 11 is 24.8. The molecule has 0 saturated carbocycles. The van der Waals surface area contributed by atoms with Gasteiger partial charge in [-0.25, -0.2) is 9.78 Å². The second-order valence-corrected chi connectivity index (χ2v) is 12.5. The Labute approximate surface area is 267 Å². The van der Waals surface area contributed by atoms with Crippen LogP contribution in [0.25, 0.3) is 0 Å². The molecule has 222 valence electrons. The van der Waals surface area contributed by atoms with E-state index in [1.807, 2.05) is 0 Å². The second kappa shape index (κ2) is 11.3. The number of fused-ring (bicyclic) bond motifs is 1. The van der Waals surface area contributed by atoms with E-state index in [-0.39, 0.29) is 12.8 Å². The number of carbonyl (C=O) groups is 1. The van der Waals surface area contributed by atoms with E-state index >= 15 is 0 Å². The van der Waals surface area contributed by atoms with Gasteiger partial charge in [-0.1, -0.05) is 94.9 Å². The first-order valence-electron chi connectivity index (χ1n) is 13.2. The van der Waals surface area contributed by atoms with Gasteiger partial charge in [-0.15, -0.1) is 0 Å². The quantitative estimate of drug-likeness (QED) is 0.118. The maximum Gasteiger partial charge on any atom is 0.318 e. The van der Waals surface area contributed by atoms with Crippen LogP contribution in [-0.2, 0) is 35.4 Å². The largest absolute Gasteiger partial charge is 0.459 e. The Morgan fingerprint density at radius 3 is 1.53 bits per heavy atom. The molecule has 43 heavy (non-hydrogen) atoms. The van der Waals surface area contributed by atoms with Crippen molar-refractivity contribution < 1.29 is 34.6 Å². The van der Waals surface area contributed by atoms with E-state index in [1.54, 1.807) is 97.1 Å². The van der Waals surface area contributed by atoms with Crippen molar-refractivity contribution in [2.24, 2.45) is 5.41 Å². The Morgan fingerprint density at radius 1 is 0.698 bits per heavy atom. The van der Waals surface area contributed by atoms with Crippen molar-refractivity contribution in [2.75, 3.05) is 6.61 Å². The summed E-state index contributed by atoms with van der Waals surface area (Å²) in [6, 6.07) is 26.9. The fourth-order valence-electron chi connectivity index (χ4n) is 6.06. The van der Waals surface area contributed by atoms with Crippen LogP contribution >= 0.6 is 46.4 Å². The highest BCUT2D eigenvalue weighted by Crippen LogP contribution is 2.61. The van der Waals surface area contributed by atoms with E-state index in [4.69, 9.17) is 65.8 Å². The molecular formula is C32H24Cl4O7. The lowest BCUT2D eigenvalue weighted by atomic mass is 9.61. The van der Waals surface area contributed by atoms with Crippen molar-refractivity contribution in [3.8, 4) is 0 Å². The number of carbonyl (C=O) groups excluding carboxylic acids is 1. The van der Waals surface area contributed by atoms with Gasteiger partial charge in [-0.3, -0.25) is 10.1 Å². The summed E-state index contributed by atoms with van der Waals surface area (Å²) in [5.41, 5.74) is -3.04. The topological polar surface area (TPSA) is 94.5 Å². The van der Waals surface area contributed by atoms with Crippen LogP contribution in [-0.4, -0.2) is 28.7 Å². The van der Waals surface area contributed by atoms with E-state index in [2.05, 4.69) is 0 Å². The molecule has 2 saturated heterocycles. The lowest BCUT2D eigenvalue weighted by Crippen LogP contribution is -2.62. The number of aliphatic hydroxyl groups is 1. The predicted octanol–water partition coefficient (Wildman–Crippen LogP) is 7.95. The van der Waals surface area contributed by atoms with E-state index in [1.165, 1.54) is 0 Å². The zero-order valence-corrected chi connectivity index (χ0v) is 25.3. The Bertz CT molecular complexity index is 1540. The number of rotatable bonds is 7. The summed E-state index contributed by atoms with van der Waals surface area (Å²) in [5, 5.41) is 24.6. The summed E-state index contributed by atoms with van der Waals surface area (Å²) in [7, 11) is 0. The highest BCUT2D eigenvalue weighted by molar-refractivity contribution is 6.31. The number of cyclic esters (lactones) is 1. The van der Waals surface area contributed by atoms with Gasteiger partial charge in [0.25, 0.3) is 0 Å². The van der Waals surface area contributed by atoms with Gasteiger partial charge >= 0.3 is 5.97 Å². The van der Waals surface area contributed by atoms with Gasteiger partial charge in [0.15, 0.2) is 11.2 Å². The normalized spacial score (nSPS) is 23.1. The summed E-state index contributed by atoms with van der Waals surface area (Å²) in [5.74, 6) is -3.04. The molecule has 2 unspecified atom stereocenters. The molecule has 0 amide bonds. The van der Waals surface area contributed by atoms with Crippen LogP contribution in [0, 0.1) is 5.41 Å². The molecule has 0 aromatic heterocycles. The molecule has 2 fully saturated rings. The molecule has 2 atom stereocenters. The van der Waals surface area contributed by atoms with Crippen molar-refractivity contribution in [3.05, 3.63) is 139 Å². The zero-order chi connectivity index (χ0) is 30.5. The molecule has 7 nitrogen and oxygen atoms in total. The molecule has 6 rings (SSSR count). The minimum atomic E-state index is -2.27. The maximum atomic E-state index is 14.0. The summed E-state index contributed by atoms with van der Waals surface area (Å²) in [6.45, 7) is -0.522. The number of hydrogen-bond donors (Lipinski definition) is 2. The molecule has 4 aromatic rings. The van der Waals surface area contributed by atoms with Gasteiger partial charge < -0.3 is 9.84 Å². The molecule has 2 heterocycles. The lowest BCUT2D eigenvalue weighted by Gasteiger charge is -2.51. The fourth-order valence-corrected chi connectivity index (χ4v) is 6.56. The SMILES string of the molecule is O=C1OCC2(O)OOC(c3ccc(Cl)cc3)(c3ccc(Cl)cc3)CC12CC(OO)(c1ccc(Cl)cc1)c1ccc(Cl)cc1. The summed E-state index contributed by atoms with van der Waals surface area (Å²) in [6.07, 6.45) is -0.535. The molecule has 2 aliphatic heterocycles. The van der Waals surface area contributed by atoms with Gasteiger partial charge in [0.2, 0.25) is 5.79 Å². The molecule has 2 aliphatic rings. The molecule has 0 bridgehead atoms. The maximum absolute atomic E-state index is 14.0. The third-order valence-electron chi connectivity index (χ3n) is 8.36. The van der Waals surface area contributed by atoms with Crippen LogP contribution in [0.2, 0.25) is 20.1 Å². The average Bonchev–Trinajstić information content (AvgIpc) is 3.26. The Morgan fingerprint density at radius 2 is 1.12 bits per heavy atom. The Kier molecular flexibility index (Phi) is 8.01. The zero-order valence-electron chi connectivity index (χ0n) is 22.3. The van der Waals surface area contributed by atoms with E-state index in [9.17, 15) is 15.2 Å². The lowest BCUT2D eigenvalue weighted by molar-refractivity contribution is -0.507. The van der Waals surface area contributed by atoms with Gasteiger partial charge in [0.05, 0.1) is 0 Å². The summed E-state index contributed by atoms with van der Waals surface area (Å²) < 4.78 is 5.49. The number of hydrogen-bond acceptors (Lipinski definition) is 7. The third-order valence-corrected chi connectivity index (χ3v) is 9.37. The number of benzene rings is 4. The molecule has 0 spiro atoms. The smallest absolute Gasteiger partial charge is 0.318 e. The fraction of sp³-hybridized carbons (Fsp3) is 0.219. The third kappa shape index (κ3) is 5.03. The van der Waals surface area contributed by atoms with Gasteiger partial charge in [0, 0.05) is 32.9 Å². The Balaban J connectivity index is 1.59. The minimum Gasteiger partial charge on any atom is -0.459 e. The van der Waals surface area contributed by atoms with Crippen molar-refractivity contribution in [1.82, 2.24) is 0 Å². The highest BCUT2D eigenvalue weighted by Gasteiger charge is 2.73. The second-order valence-electron chi connectivity index (χ2n) is 10.7. The molecule has 11 heteroatoms. The van der Waals surface area contributed by atoms with Gasteiger partial charge in [-0.2, -0.15) is 4.89 Å². The number of halogens is 4. The van der Waals surface area contributed by atoms with E-state index in [0.29, 0.717) is 42.3 Å². The van der Waals surface area contributed by atoms with Crippen molar-refractivity contribution in [2.45, 2.75) is 29.8 Å². The predicted molar refractivity (Wildman–Crippen MR) is 161 cm³/mol. The summed E-state index contributed by atoms with van der Waals surface area (Å²) in [4.78, 5) is 31.3. The average molecular weight is 662 g/mol. The molecular weight excluding hydrogens is 638 g/mol. The van der Waals surface area contributed by atoms with Crippen LogP contribution < -0.4 is 0 Å². The van der Waals surface area contributed by atoms with Crippen LogP contribution in [0.1, 0.15) is 35.1 Å². The highest BCUT2D eigenvalue weighted by atomic mass is 35.5. The van der Waals surface area contributed by atoms with E-state index in [0.717, 1.165) is 0 Å². The first-order valence-corrected chi connectivity index (χ1v) is 14.7. The number of ether oxygens (including phenoxy) is 1. The van der Waals surface area contributed by atoms with Crippen molar-refractivity contribution in [3.63, 3.8) is 0 Å².